The average Bonchev–Trinajstić information content (AvgIpc) is 2.56. The Bertz CT molecular complexity index is 481. The van der Waals surface area contributed by atoms with E-state index in [0.29, 0.717) is 19.8 Å². The molecule has 0 aliphatic heterocycles. The average molecular weight is 449 g/mol. The van der Waals surface area contributed by atoms with E-state index in [0.717, 1.165) is 36.7 Å². The van der Waals surface area contributed by atoms with Crippen molar-refractivity contribution in [3.63, 3.8) is 0 Å². The van der Waals surface area contributed by atoms with Gasteiger partial charge < -0.3 is 20.1 Å². The number of methoxy groups -OCH3 is 1. The van der Waals surface area contributed by atoms with E-state index in [1.165, 1.54) is 12.0 Å². The van der Waals surface area contributed by atoms with Gasteiger partial charge in [-0.1, -0.05) is 25.5 Å². The van der Waals surface area contributed by atoms with Gasteiger partial charge in [0.2, 0.25) is 0 Å². The Labute approximate surface area is 163 Å². The number of hydrogen-bond donors (Lipinski definition) is 2. The van der Waals surface area contributed by atoms with Crippen LogP contribution in [-0.2, 0) is 11.3 Å². The first-order valence-electron chi connectivity index (χ1n) is 8.37. The van der Waals surface area contributed by atoms with Crippen molar-refractivity contribution in [2.45, 2.75) is 39.7 Å². The maximum atomic E-state index is 5.90. The molecule has 0 aliphatic rings. The minimum atomic E-state index is 0. The third-order valence-corrected chi connectivity index (χ3v) is 3.47. The number of unbranched alkanes of at least 4 members (excludes halogenated alkanes) is 1. The van der Waals surface area contributed by atoms with Gasteiger partial charge >= 0.3 is 0 Å². The molecule has 2 N–H and O–H groups in total. The molecule has 0 aromatic heterocycles. The molecule has 0 spiro atoms. The van der Waals surface area contributed by atoms with Gasteiger partial charge in [-0.2, -0.15) is 0 Å². The summed E-state index contributed by atoms with van der Waals surface area (Å²) in [6.45, 7) is 7.25. The van der Waals surface area contributed by atoms with Gasteiger partial charge in [0.05, 0.1) is 6.61 Å². The second kappa shape index (κ2) is 14.3. The molecule has 5 nitrogen and oxygen atoms in total. The number of benzene rings is 1. The number of hydrogen-bond acceptors (Lipinski definition) is 3. The molecule has 1 rings (SSSR count). The third-order valence-electron chi connectivity index (χ3n) is 3.47. The molecule has 1 aromatic rings. The molecule has 0 fully saturated rings. The number of aryl methyl sites for hydroxylation is 1. The molecule has 24 heavy (non-hydrogen) atoms. The summed E-state index contributed by atoms with van der Waals surface area (Å²) in [5.41, 5.74) is 2.33. The second-order valence-corrected chi connectivity index (χ2v) is 5.51. The highest BCUT2D eigenvalue weighted by atomic mass is 127. The highest BCUT2D eigenvalue weighted by molar-refractivity contribution is 14.0. The van der Waals surface area contributed by atoms with Crippen LogP contribution in [0.4, 0.5) is 0 Å². The van der Waals surface area contributed by atoms with Crippen molar-refractivity contribution in [2.75, 3.05) is 33.9 Å². The van der Waals surface area contributed by atoms with Crippen molar-refractivity contribution in [1.82, 2.24) is 10.6 Å². The summed E-state index contributed by atoms with van der Waals surface area (Å²) < 4.78 is 11.0. The summed E-state index contributed by atoms with van der Waals surface area (Å²) >= 11 is 0. The smallest absolute Gasteiger partial charge is 0.191 e. The van der Waals surface area contributed by atoms with Crippen LogP contribution in [0.15, 0.2) is 23.2 Å². The molecule has 0 saturated heterocycles. The molecule has 0 bridgehead atoms. The maximum Gasteiger partial charge on any atom is 0.191 e. The van der Waals surface area contributed by atoms with Crippen LogP contribution in [-0.4, -0.2) is 39.9 Å². The van der Waals surface area contributed by atoms with Crippen LogP contribution in [0.2, 0.25) is 0 Å². The number of ether oxygens (including phenoxy) is 2. The van der Waals surface area contributed by atoms with E-state index in [4.69, 9.17) is 9.47 Å². The summed E-state index contributed by atoms with van der Waals surface area (Å²) in [6, 6.07) is 6.29. The van der Waals surface area contributed by atoms with Crippen LogP contribution >= 0.6 is 24.0 Å². The van der Waals surface area contributed by atoms with Gasteiger partial charge in [0.25, 0.3) is 0 Å². The second-order valence-electron chi connectivity index (χ2n) is 5.51. The van der Waals surface area contributed by atoms with Gasteiger partial charge in [-0.05, 0) is 25.0 Å². The van der Waals surface area contributed by atoms with Crippen molar-refractivity contribution in [3.8, 4) is 5.75 Å². The van der Waals surface area contributed by atoms with Gasteiger partial charge in [0.15, 0.2) is 5.96 Å². The molecule has 0 heterocycles. The number of aliphatic imine (C=N–C) groups is 1. The van der Waals surface area contributed by atoms with Crippen LogP contribution in [0.25, 0.3) is 0 Å². The molecule has 1 aromatic carbocycles. The fourth-order valence-corrected chi connectivity index (χ4v) is 2.11. The fourth-order valence-electron chi connectivity index (χ4n) is 2.11. The first-order chi connectivity index (χ1) is 11.2. The van der Waals surface area contributed by atoms with Crippen LogP contribution in [0.5, 0.6) is 5.75 Å². The van der Waals surface area contributed by atoms with E-state index in [-0.39, 0.29) is 24.0 Å². The zero-order valence-electron chi connectivity index (χ0n) is 15.4. The summed E-state index contributed by atoms with van der Waals surface area (Å²) in [7, 11) is 3.50. The maximum absolute atomic E-state index is 5.90. The largest absolute Gasteiger partial charge is 0.493 e. The lowest BCUT2D eigenvalue weighted by atomic mass is 10.1. The normalized spacial score (nSPS) is 10.9. The SMILES string of the molecule is CCCCNC(=NC)NCc1ccc(C)cc1OCCCOC.I. The predicted molar refractivity (Wildman–Crippen MR) is 112 cm³/mol. The molecule has 0 saturated carbocycles. The van der Waals surface area contributed by atoms with Gasteiger partial charge in [-0.25, -0.2) is 0 Å². The molecule has 0 amide bonds. The van der Waals surface area contributed by atoms with Crippen LogP contribution in [0, 0.1) is 6.92 Å². The summed E-state index contributed by atoms with van der Waals surface area (Å²) in [5, 5.41) is 6.65. The zero-order chi connectivity index (χ0) is 16.9. The topological polar surface area (TPSA) is 54.9 Å². The Morgan fingerprint density at radius 3 is 2.62 bits per heavy atom. The monoisotopic (exact) mass is 449 g/mol. The molecule has 0 aliphatic carbocycles. The molecule has 0 radical (unpaired) electrons. The predicted octanol–water partition coefficient (Wildman–Crippen LogP) is 3.49. The number of rotatable bonds is 10. The van der Waals surface area contributed by atoms with Gasteiger partial charge in [-0.15, -0.1) is 24.0 Å². The third kappa shape index (κ3) is 9.32. The molecule has 0 atom stereocenters. The first-order valence-corrected chi connectivity index (χ1v) is 8.37. The molecule has 0 unspecified atom stereocenters. The van der Waals surface area contributed by atoms with E-state index in [1.54, 1.807) is 14.2 Å². The van der Waals surface area contributed by atoms with Crippen molar-refractivity contribution >= 4 is 29.9 Å². The first kappa shape index (κ1) is 23.0. The van der Waals surface area contributed by atoms with Gasteiger partial charge in [0.1, 0.15) is 5.75 Å². The molecule has 138 valence electrons. The van der Waals surface area contributed by atoms with Crippen LogP contribution < -0.4 is 15.4 Å². The van der Waals surface area contributed by atoms with E-state index in [2.05, 4.69) is 47.7 Å². The molecular weight excluding hydrogens is 417 g/mol. The highest BCUT2D eigenvalue weighted by Crippen LogP contribution is 2.20. The lowest BCUT2D eigenvalue weighted by molar-refractivity contribution is 0.172. The summed E-state index contributed by atoms with van der Waals surface area (Å²) in [4.78, 5) is 4.25. The number of guanidine groups is 1. The molecular formula is C18H32IN3O2. The van der Waals surface area contributed by atoms with E-state index in [1.807, 2.05) is 0 Å². The van der Waals surface area contributed by atoms with Crippen molar-refractivity contribution in [2.24, 2.45) is 4.99 Å². The lowest BCUT2D eigenvalue weighted by Gasteiger charge is -2.15. The number of halogens is 1. The van der Waals surface area contributed by atoms with Gasteiger partial charge in [0, 0.05) is 45.8 Å². The number of nitrogens with one attached hydrogen (secondary N) is 2. The lowest BCUT2D eigenvalue weighted by Crippen LogP contribution is -2.37. The van der Waals surface area contributed by atoms with Crippen LogP contribution in [0.1, 0.15) is 37.3 Å². The summed E-state index contributed by atoms with van der Waals surface area (Å²) in [6.07, 6.45) is 3.19. The Hall–Kier alpha value is -1.02. The highest BCUT2D eigenvalue weighted by Gasteiger charge is 2.06. The zero-order valence-corrected chi connectivity index (χ0v) is 17.7. The minimum absolute atomic E-state index is 0. The Morgan fingerprint density at radius 1 is 1.17 bits per heavy atom. The van der Waals surface area contributed by atoms with E-state index < -0.39 is 0 Å². The van der Waals surface area contributed by atoms with Crippen molar-refractivity contribution < 1.29 is 9.47 Å². The minimum Gasteiger partial charge on any atom is -0.493 e. The Balaban J connectivity index is 0.00000529. The Kier molecular flexibility index (Phi) is 13.7. The van der Waals surface area contributed by atoms with Gasteiger partial charge in [-0.3, -0.25) is 4.99 Å². The molecule has 6 heteroatoms. The number of nitrogens with zero attached hydrogens (tertiary/aromatic N) is 1. The quantitative estimate of drug-likeness (QED) is 0.249. The van der Waals surface area contributed by atoms with E-state index in [9.17, 15) is 0 Å². The van der Waals surface area contributed by atoms with Crippen LogP contribution in [0.3, 0.4) is 0 Å². The van der Waals surface area contributed by atoms with E-state index >= 15 is 0 Å². The Morgan fingerprint density at radius 2 is 1.96 bits per heavy atom. The van der Waals surface area contributed by atoms with Crippen molar-refractivity contribution in [3.05, 3.63) is 29.3 Å². The standard InChI is InChI=1S/C18H31N3O2.HI/c1-5-6-10-20-18(19-3)21-14-16-9-8-15(2)13-17(16)23-12-7-11-22-4;/h8-9,13H,5-7,10-12,14H2,1-4H3,(H2,19,20,21);1H. The fraction of sp³-hybridized carbons (Fsp3) is 0.611. The van der Waals surface area contributed by atoms with Crippen molar-refractivity contribution in [1.29, 1.82) is 0 Å². The summed E-state index contributed by atoms with van der Waals surface area (Å²) in [5.74, 6) is 1.75.